The van der Waals surface area contributed by atoms with E-state index >= 15 is 0 Å². The number of hydrogen-bond donors (Lipinski definition) is 1. The number of unbranched alkanes of at least 4 members (excludes halogenated alkanes) is 1. The summed E-state index contributed by atoms with van der Waals surface area (Å²) >= 11 is 0. The fourth-order valence-corrected chi connectivity index (χ4v) is 2.84. The molecular formula is C18H25NO4. The lowest BCUT2D eigenvalue weighted by Gasteiger charge is -2.30. The fraction of sp³-hybridized carbons (Fsp3) is 0.556. The molecule has 1 atom stereocenters. The molecule has 0 spiro atoms. The number of carbonyl (C=O) groups is 2. The van der Waals surface area contributed by atoms with Crippen LogP contribution in [0.2, 0.25) is 0 Å². The van der Waals surface area contributed by atoms with Gasteiger partial charge in [-0.1, -0.05) is 12.1 Å². The van der Waals surface area contributed by atoms with E-state index in [4.69, 9.17) is 9.84 Å². The Morgan fingerprint density at radius 2 is 2.17 bits per heavy atom. The van der Waals surface area contributed by atoms with E-state index in [-0.39, 0.29) is 5.91 Å². The maximum absolute atomic E-state index is 12.1. The number of hydrogen-bond acceptors (Lipinski definition) is 3. The van der Waals surface area contributed by atoms with E-state index in [0.29, 0.717) is 32.5 Å². The number of aliphatic carboxylic acids is 1. The minimum Gasteiger partial charge on any atom is -0.494 e. The van der Waals surface area contributed by atoms with Crippen LogP contribution in [0.15, 0.2) is 24.3 Å². The van der Waals surface area contributed by atoms with Gasteiger partial charge in [-0.2, -0.15) is 0 Å². The van der Waals surface area contributed by atoms with Gasteiger partial charge in [-0.3, -0.25) is 9.59 Å². The number of piperidine rings is 1. The molecule has 0 aliphatic carbocycles. The Hall–Kier alpha value is -2.04. The smallest absolute Gasteiger partial charge is 0.308 e. The van der Waals surface area contributed by atoms with E-state index in [9.17, 15) is 9.59 Å². The van der Waals surface area contributed by atoms with Crippen LogP contribution in [0.1, 0.15) is 37.7 Å². The summed E-state index contributed by atoms with van der Waals surface area (Å²) < 4.78 is 5.66. The molecule has 0 aromatic heterocycles. The molecule has 0 radical (unpaired) electrons. The summed E-state index contributed by atoms with van der Waals surface area (Å²) in [7, 11) is 0. The van der Waals surface area contributed by atoms with Crippen LogP contribution in [0.4, 0.5) is 0 Å². The van der Waals surface area contributed by atoms with Crippen molar-refractivity contribution >= 4 is 11.9 Å². The van der Waals surface area contributed by atoms with Crippen LogP contribution in [0.25, 0.3) is 0 Å². The van der Waals surface area contributed by atoms with E-state index < -0.39 is 11.9 Å². The van der Waals surface area contributed by atoms with Gasteiger partial charge in [-0.05, 0) is 50.3 Å². The van der Waals surface area contributed by atoms with Gasteiger partial charge >= 0.3 is 5.97 Å². The first-order valence-corrected chi connectivity index (χ1v) is 8.26. The summed E-state index contributed by atoms with van der Waals surface area (Å²) in [4.78, 5) is 24.9. The Labute approximate surface area is 137 Å². The summed E-state index contributed by atoms with van der Waals surface area (Å²) in [5.74, 6) is -0.283. The van der Waals surface area contributed by atoms with E-state index in [0.717, 1.165) is 30.6 Å². The number of rotatable bonds is 7. The van der Waals surface area contributed by atoms with Gasteiger partial charge < -0.3 is 14.7 Å². The van der Waals surface area contributed by atoms with Gasteiger partial charge in [-0.25, -0.2) is 0 Å². The number of likely N-dealkylation sites (tertiary alicyclic amines) is 1. The number of carbonyl (C=O) groups excluding carboxylic acids is 1. The normalized spacial score (nSPS) is 17.8. The molecule has 126 valence electrons. The fourth-order valence-electron chi connectivity index (χ4n) is 2.84. The van der Waals surface area contributed by atoms with Crippen molar-refractivity contribution < 1.29 is 19.4 Å². The molecule has 1 aliphatic rings. The Kier molecular flexibility index (Phi) is 6.44. The van der Waals surface area contributed by atoms with Crippen molar-refractivity contribution in [3.8, 4) is 5.75 Å². The second kappa shape index (κ2) is 8.56. The first kappa shape index (κ1) is 17.3. The highest BCUT2D eigenvalue weighted by molar-refractivity contribution is 5.78. The Morgan fingerprint density at radius 3 is 2.91 bits per heavy atom. The van der Waals surface area contributed by atoms with Crippen LogP contribution in [-0.2, 0) is 9.59 Å². The first-order valence-electron chi connectivity index (χ1n) is 8.26. The average Bonchev–Trinajstić information content (AvgIpc) is 2.54. The zero-order valence-electron chi connectivity index (χ0n) is 13.7. The number of aryl methyl sites for hydroxylation is 1. The monoisotopic (exact) mass is 319 g/mol. The van der Waals surface area contributed by atoms with E-state index in [2.05, 4.69) is 0 Å². The van der Waals surface area contributed by atoms with E-state index in [1.165, 1.54) is 0 Å². The van der Waals surface area contributed by atoms with Gasteiger partial charge in [0.2, 0.25) is 5.91 Å². The van der Waals surface area contributed by atoms with Crippen LogP contribution in [-0.4, -0.2) is 41.6 Å². The van der Waals surface area contributed by atoms with Crippen molar-refractivity contribution in [1.82, 2.24) is 4.90 Å². The summed E-state index contributed by atoms with van der Waals surface area (Å²) in [6, 6.07) is 7.90. The van der Waals surface area contributed by atoms with Crippen molar-refractivity contribution in [1.29, 1.82) is 0 Å². The van der Waals surface area contributed by atoms with Gasteiger partial charge in [0.15, 0.2) is 0 Å². The van der Waals surface area contributed by atoms with Gasteiger partial charge in [0.25, 0.3) is 0 Å². The first-order chi connectivity index (χ1) is 11.1. The number of ether oxygens (including phenoxy) is 1. The van der Waals surface area contributed by atoms with E-state index in [1.807, 2.05) is 31.2 Å². The molecular weight excluding hydrogens is 294 g/mol. The highest BCUT2D eigenvalue weighted by Crippen LogP contribution is 2.18. The van der Waals surface area contributed by atoms with E-state index in [1.54, 1.807) is 4.90 Å². The maximum atomic E-state index is 12.1. The molecule has 5 nitrogen and oxygen atoms in total. The zero-order valence-corrected chi connectivity index (χ0v) is 13.7. The van der Waals surface area contributed by atoms with Gasteiger partial charge in [0, 0.05) is 19.5 Å². The lowest BCUT2D eigenvalue weighted by Crippen LogP contribution is -2.42. The van der Waals surface area contributed by atoms with Gasteiger partial charge in [-0.15, -0.1) is 0 Å². The Balaban J connectivity index is 1.64. The summed E-state index contributed by atoms with van der Waals surface area (Å²) in [5.41, 5.74) is 1.16. The van der Waals surface area contributed by atoms with Crippen LogP contribution in [0, 0.1) is 12.8 Å². The molecule has 1 N–H and O–H groups in total. The summed E-state index contributed by atoms with van der Waals surface area (Å²) in [6.07, 6.45) is 3.49. The minimum atomic E-state index is -0.797. The maximum Gasteiger partial charge on any atom is 0.308 e. The number of carboxylic acid groups (broad SMARTS) is 1. The molecule has 1 aliphatic heterocycles. The molecule has 0 bridgehead atoms. The summed E-state index contributed by atoms with van der Waals surface area (Å²) in [6.45, 7) is 3.65. The number of benzene rings is 1. The molecule has 0 saturated carbocycles. The highest BCUT2D eigenvalue weighted by Gasteiger charge is 2.27. The predicted molar refractivity (Wildman–Crippen MR) is 87.5 cm³/mol. The summed E-state index contributed by atoms with van der Waals surface area (Å²) in [5, 5.41) is 9.06. The van der Waals surface area contributed by atoms with Crippen molar-refractivity contribution in [2.75, 3.05) is 19.7 Å². The van der Waals surface area contributed by atoms with Gasteiger partial charge in [0.05, 0.1) is 12.5 Å². The van der Waals surface area contributed by atoms with Crippen molar-refractivity contribution in [3.63, 3.8) is 0 Å². The number of nitrogens with zero attached hydrogens (tertiary/aromatic N) is 1. The standard InChI is InChI=1S/C18H25NO4/c1-14-6-4-8-16(12-14)23-11-3-2-9-17(20)19-10-5-7-15(13-19)18(21)22/h4,6,8,12,15H,2-3,5,7,9-11,13H2,1H3,(H,21,22)/t15-/m0/s1. The van der Waals surface area contributed by atoms with Crippen LogP contribution < -0.4 is 4.74 Å². The molecule has 5 heteroatoms. The molecule has 2 rings (SSSR count). The molecule has 1 amide bonds. The van der Waals surface area contributed by atoms with Crippen molar-refractivity contribution in [3.05, 3.63) is 29.8 Å². The minimum absolute atomic E-state index is 0.0616. The molecule has 1 fully saturated rings. The zero-order chi connectivity index (χ0) is 16.7. The molecule has 1 aromatic rings. The third kappa shape index (κ3) is 5.58. The lowest BCUT2D eigenvalue weighted by atomic mass is 9.98. The third-order valence-corrected chi connectivity index (χ3v) is 4.17. The largest absolute Gasteiger partial charge is 0.494 e. The number of carboxylic acids is 1. The molecule has 1 aromatic carbocycles. The van der Waals surface area contributed by atoms with Crippen molar-refractivity contribution in [2.24, 2.45) is 5.92 Å². The van der Waals surface area contributed by atoms with Crippen LogP contribution in [0.3, 0.4) is 0 Å². The topological polar surface area (TPSA) is 66.8 Å². The van der Waals surface area contributed by atoms with Crippen LogP contribution >= 0.6 is 0 Å². The lowest BCUT2D eigenvalue weighted by molar-refractivity contribution is -0.145. The second-order valence-corrected chi connectivity index (χ2v) is 6.14. The second-order valence-electron chi connectivity index (χ2n) is 6.14. The quantitative estimate of drug-likeness (QED) is 0.785. The van der Waals surface area contributed by atoms with Crippen LogP contribution in [0.5, 0.6) is 5.75 Å². The predicted octanol–water partition coefficient (Wildman–Crippen LogP) is 2.87. The molecule has 0 unspecified atom stereocenters. The SMILES string of the molecule is Cc1cccc(OCCCCC(=O)N2CCC[C@H](C(=O)O)C2)c1. The highest BCUT2D eigenvalue weighted by atomic mass is 16.5. The molecule has 1 heterocycles. The third-order valence-electron chi connectivity index (χ3n) is 4.17. The van der Waals surface area contributed by atoms with Gasteiger partial charge in [0.1, 0.15) is 5.75 Å². The van der Waals surface area contributed by atoms with Crippen molar-refractivity contribution in [2.45, 2.75) is 39.0 Å². The average molecular weight is 319 g/mol. The Bertz CT molecular complexity index is 544. The number of amides is 1. The molecule has 23 heavy (non-hydrogen) atoms. The molecule has 1 saturated heterocycles. The Morgan fingerprint density at radius 1 is 1.35 bits per heavy atom.